The van der Waals surface area contributed by atoms with E-state index in [0.717, 1.165) is 11.1 Å². The highest BCUT2D eigenvalue weighted by molar-refractivity contribution is 6.21. The summed E-state index contributed by atoms with van der Waals surface area (Å²) in [6.45, 7) is 0. The number of rotatable bonds is 0. The third-order valence-corrected chi connectivity index (χ3v) is 2.43. The van der Waals surface area contributed by atoms with Crippen molar-refractivity contribution in [3.05, 3.63) is 29.6 Å². The molecule has 1 aromatic rings. The molecule has 0 aromatic carbocycles. The SMILES string of the molecule is OC1CC(Cl)c2ccncc21. The van der Waals surface area contributed by atoms with E-state index in [9.17, 15) is 5.11 Å². The molecular weight excluding hydrogens is 162 g/mol. The number of hydrogen-bond acceptors (Lipinski definition) is 2. The van der Waals surface area contributed by atoms with Crippen molar-refractivity contribution in [1.29, 1.82) is 0 Å². The molecule has 0 radical (unpaired) electrons. The number of halogens is 1. The number of hydrogen-bond donors (Lipinski definition) is 1. The topological polar surface area (TPSA) is 33.1 Å². The number of aliphatic hydroxyl groups excluding tert-OH is 1. The van der Waals surface area contributed by atoms with Crippen LogP contribution in [-0.2, 0) is 0 Å². The first-order valence-electron chi connectivity index (χ1n) is 3.55. The van der Waals surface area contributed by atoms with Gasteiger partial charge in [-0.2, -0.15) is 0 Å². The molecule has 0 bridgehead atoms. The van der Waals surface area contributed by atoms with Crippen molar-refractivity contribution in [1.82, 2.24) is 4.98 Å². The minimum atomic E-state index is -0.416. The van der Waals surface area contributed by atoms with Crippen LogP contribution in [0.4, 0.5) is 0 Å². The smallest absolute Gasteiger partial charge is 0.0825 e. The highest BCUT2D eigenvalue weighted by Crippen LogP contribution is 2.41. The Hall–Kier alpha value is -0.600. The third-order valence-electron chi connectivity index (χ3n) is 2.01. The molecule has 1 aromatic heterocycles. The highest BCUT2D eigenvalue weighted by atomic mass is 35.5. The van der Waals surface area contributed by atoms with Gasteiger partial charge in [0, 0.05) is 18.0 Å². The van der Waals surface area contributed by atoms with Gasteiger partial charge in [0.1, 0.15) is 0 Å². The molecule has 3 heteroatoms. The van der Waals surface area contributed by atoms with Crippen molar-refractivity contribution in [3.63, 3.8) is 0 Å². The van der Waals surface area contributed by atoms with Crippen LogP contribution in [0.15, 0.2) is 18.5 Å². The minimum absolute atomic E-state index is 0.0389. The Bertz CT molecular complexity index is 250. The van der Waals surface area contributed by atoms with Crippen LogP contribution in [0.2, 0.25) is 0 Å². The average Bonchev–Trinajstić information content (AvgIpc) is 2.30. The van der Waals surface area contributed by atoms with E-state index in [-0.39, 0.29) is 5.38 Å². The second-order valence-corrected chi connectivity index (χ2v) is 3.25. The summed E-state index contributed by atoms with van der Waals surface area (Å²) in [5.41, 5.74) is 1.90. The van der Waals surface area contributed by atoms with Gasteiger partial charge in [-0.3, -0.25) is 4.98 Å². The molecule has 0 aliphatic heterocycles. The monoisotopic (exact) mass is 169 g/mol. The van der Waals surface area contributed by atoms with Gasteiger partial charge in [-0.25, -0.2) is 0 Å². The standard InChI is InChI=1S/C8H8ClNO/c9-7-3-8(11)6-4-10-2-1-5(6)7/h1-2,4,7-8,11H,3H2. The van der Waals surface area contributed by atoms with E-state index in [4.69, 9.17) is 11.6 Å². The molecular formula is C8H8ClNO. The molecule has 2 atom stereocenters. The largest absolute Gasteiger partial charge is 0.388 e. The molecule has 2 unspecified atom stereocenters. The molecule has 2 rings (SSSR count). The second kappa shape index (κ2) is 2.47. The van der Waals surface area contributed by atoms with Crippen LogP contribution < -0.4 is 0 Å². The van der Waals surface area contributed by atoms with Crippen molar-refractivity contribution in [2.75, 3.05) is 0 Å². The van der Waals surface area contributed by atoms with Crippen LogP contribution in [0.25, 0.3) is 0 Å². The molecule has 1 N–H and O–H groups in total. The first-order chi connectivity index (χ1) is 5.29. The van der Waals surface area contributed by atoms with Crippen LogP contribution in [-0.4, -0.2) is 10.1 Å². The van der Waals surface area contributed by atoms with E-state index >= 15 is 0 Å². The first-order valence-corrected chi connectivity index (χ1v) is 3.98. The molecule has 58 valence electrons. The lowest BCUT2D eigenvalue weighted by molar-refractivity contribution is 0.178. The number of aliphatic hydroxyl groups is 1. The normalized spacial score (nSPS) is 28.5. The number of fused-ring (bicyclic) bond motifs is 1. The summed E-state index contributed by atoms with van der Waals surface area (Å²) >= 11 is 5.95. The van der Waals surface area contributed by atoms with Gasteiger partial charge in [-0.15, -0.1) is 11.6 Å². The Balaban J connectivity index is 2.52. The lowest BCUT2D eigenvalue weighted by Crippen LogP contribution is -1.89. The number of alkyl halides is 1. The summed E-state index contributed by atoms with van der Waals surface area (Å²) in [4.78, 5) is 3.92. The predicted octanol–water partition coefficient (Wildman–Crippen LogP) is 1.80. The summed E-state index contributed by atoms with van der Waals surface area (Å²) in [7, 11) is 0. The molecule has 2 nitrogen and oxygen atoms in total. The predicted molar refractivity (Wildman–Crippen MR) is 42.4 cm³/mol. The maximum atomic E-state index is 9.43. The van der Waals surface area contributed by atoms with Crippen molar-refractivity contribution < 1.29 is 5.11 Å². The zero-order valence-corrected chi connectivity index (χ0v) is 6.62. The fourth-order valence-corrected chi connectivity index (χ4v) is 1.80. The molecule has 1 aliphatic rings. The molecule has 11 heavy (non-hydrogen) atoms. The van der Waals surface area contributed by atoms with Crippen molar-refractivity contribution in [3.8, 4) is 0 Å². The quantitative estimate of drug-likeness (QED) is 0.601. The Morgan fingerprint density at radius 2 is 2.36 bits per heavy atom. The van der Waals surface area contributed by atoms with Crippen molar-refractivity contribution in [2.24, 2.45) is 0 Å². The fraction of sp³-hybridized carbons (Fsp3) is 0.375. The first kappa shape index (κ1) is 7.07. The second-order valence-electron chi connectivity index (χ2n) is 2.72. The molecule has 0 fully saturated rings. The van der Waals surface area contributed by atoms with Gasteiger partial charge in [0.05, 0.1) is 11.5 Å². The van der Waals surface area contributed by atoms with Gasteiger partial charge in [0.2, 0.25) is 0 Å². The average molecular weight is 170 g/mol. The maximum absolute atomic E-state index is 9.43. The lowest BCUT2D eigenvalue weighted by atomic mass is 10.2. The van der Waals surface area contributed by atoms with Crippen molar-refractivity contribution in [2.45, 2.75) is 17.9 Å². The van der Waals surface area contributed by atoms with Crippen LogP contribution in [0.5, 0.6) is 0 Å². The van der Waals surface area contributed by atoms with E-state index in [0.29, 0.717) is 6.42 Å². The Kier molecular flexibility index (Phi) is 1.59. The number of nitrogens with zero attached hydrogens (tertiary/aromatic N) is 1. The van der Waals surface area contributed by atoms with Crippen LogP contribution in [0.3, 0.4) is 0 Å². The summed E-state index contributed by atoms with van der Waals surface area (Å²) in [5.74, 6) is 0. The van der Waals surface area contributed by atoms with Gasteiger partial charge >= 0.3 is 0 Å². The molecule has 1 aliphatic carbocycles. The molecule has 1 heterocycles. The summed E-state index contributed by atoms with van der Waals surface area (Å²) in [6, 6.07) is 1.86. The van der Waals surface area contributed by atoms with E-state index in [1.807, 2.05) is 6.07 Å². The maximum Gasteiger partial charge on any atom is 0.0825 e. The summed E-state index contributed by atoms with van der Waals surface area (Å²) in [5, 5.41) is 9.39. The van der Waals surface area contributed by atoms with E-state index < -0.39 is 6.10 Å². The Morgan fingerprint density at radius 3 is 3.09 bits per heavy atom. The van der Waals surface area contributed by atoms with Gasteiger partial charge in [0.25, 0.3) is 0 Å². The van der Waals surface area contributed by atoms with Gasteiger partial charge in [-0.1, -0.05) is 0 Å². The molecule has 0 saturated carbocycles. The Labute approximate surface area is 69.8 Å². The summed E-state index contributed by atoms with van der Waals surface area (Å²) in [6.07, 6.45) is 3.58. The van der Waals surface area contributed by atoms with Gasteiger partial charge < -0.3 is 5.11 Å². The van der Waals surface area contributed by atoms with E-state index in [2.05, 4.69) is 4.98 Å². The summed E-state index contributed by atoms with van der Waals surface area (Å²) < 4.78 is 0. The van der Waals surface area contributed by atoms with Gasteiger partial charge in [-0.05, 0) is 18.1 Å². The Morgan fingerprint density at radius 1 is 1.55 bits per heavy atom. The zero-order chi connectivity index (χ0) is 7.84. The van der Waals surface area contributed by atoms with Crippen molar-refractivity contribution >= 4 is 11.6 Å². The highest BCUT2D eigenvalue weighted by Gasteiger charge is 2.27. The molecule has 0 amide bonds. The van der Waals surface area contributed by atoms with Gasteiger partial charge in [0.15, 0.2) is 0 Å². The fourth-order valence-electron chi connectivity index (χ4n) is 1.43. The number of pyridine rings is 1. The van der Waals surface area contributed by atoms with E-state index in [1.165, 1.54) is 0 Å². The van der Waals surface area contributed by atoms with Crippen LogP contribution in [0, 0.1) is 0 Å². The molecule has 0 spiro atoms. The van der Waals surface area contributed by atoms with Crippen LogP contribution in [0.1, 0.15) is 29.0 Å². The van der Waals surface area contributed by atoms with E-state index in [1.54, 1.807) is 12.4 Å². The molecule has 0 saturated heterocycles. The van der Waals surface area contributed by atoms with Crippen LogP contribution >= 0.6 is 11.6 Å². The lowest BCUT2D eigenvalue weighted by Gasteiger charge is -1.99. The number of aromatic nitrogens is 1. The third kappa shape index (κ3) is 1.03. The minimum Gasteiger partial charge on any atom is -0.388 e. The zero-order valence-electron chi connectivity index (χ0n) is 5.87.